The summed E-state index contributed by atoms with van der Waals surface area (Å²) in [5.41, 5.74) is -0.198. The summed E-state index contributed by atoms with van der Waals surface area (Å²) in [6, 6.07) is 7.60. The fourth-order valence-electron chi connectivity index (χ4n) is 3.77. The molecule has 1 heterocycles. The maximum atomic E-state index is 14.1. The van der Waals surface area contributed by atoms with E-state index in [4.69, 9.17) is 11.6 Å². The summed E-state index contributed by atoms with van der Waals surface area (Å²) >= 11 is 5.88. The van der Waals surface area contributed by atoms with Crippen LogP contribution >= 0.6 is 11.6 Å². The van der Waals surface area contributed by atoms with Crippen LogP contribution in [-0.2, 0) is 10.0 Å². The zero-order valence-corrected chi connectivity index (χ0v) is 19.8. The molecule has 0 radical (unpaired) electrons. The minimum atomic E-state index is -3.85. The molecule has 1 amide bonds. The topological polar surface area (TPSA) is 104 Å². The number of benzene rings is 2. The van der Waals surface area contributed by atoms with Crippen LogP contribution in [0, 0.1) is 15.9 Å². The SMILES string of the molecule is CCN(CC)S(=O)(=O)c1ccc(N2CCN(C(=O)c3cc(Cl)ccc3F)CC2)c([N+](=O)[O-])c1. The van der Waals surface area contributed by atoms with E-state index in [0.717, 1.165) is 12.1 Å². The van der Waals surface area contributed by atoms with Gasteiger partial charge in [-0.15, -0.1) is 0 Å². The Morgan fingerprint density at radius 3 is 2.33 bits per heavy atom. The molecule has 0 saturated carbocycles. The molecule has 12 heteroatoms. The lowest BCUT2D eigenvalue weighted by Crippen LogP contribution is -2.49. The second kappa shape index (κ2) is 10.0. The van der Waals surface area contributed by atoms with Gasteiger partial charge in [-0.1, -0.05) is 25.4 Å². The van der Waals surface area contributed by atoms with E-state index in [9.17, 15) is 27.7 Å². The van der Waals surface area contributed by atoms with Gasteiger partial charge in [0.15, 0.2) is 0 Å². The van der Waals surface area contributed by atoms with Crippen molar-refractivity contribution >= 4 is 38.9 Å². The summed E-state index contributed by atoms with van der Waals surface area (Å²) < 4.78 is 40.8. The van der Waals surface area contributed by atoms with E-state index in [1.807, 2.05) is 0 Å². The van der Waals surface area contributed by atoms with Crippen molar-refractivity contribution in [3.05, 3.63) is 62.9 Å². The van der Waals surface area contributed by atoms with Crippen molar-refractivity contribution in [2.45, 2.75) is 18.7 Å². The summed E-state index contributed by atoms with van der Waals surface area (Å²) in [5.74, 6) is -1.18. The third-order valence-corrected chi connectivity index (χ3v) is 7.83. The van der Waals surface area contributed by atoms with Gasteiger partial charge in [-0.3, -0.25) is 14.9 Å². The van der Waals surface area contributed by atoms with Gasteiger partial charge >= 0.3 is 0 Å². The number of amides is 1. The molecule has 1 aliphatic rings. The predicted molar refractivity (Wildman–Crippen MR) is 123 cm³/mol. The lowest BCUT2D eigenvalue weighted by atomic mass is 10.1. The largest absolute Gasteiger partial charge is 0.362 e. The standard InChI is InChI=1S/C21H24ClFN4O5S/c1-3-26(4-2)33(31,32)16-6-8-19(20(14-16)27(29)30)24-9-11-25(12-10-24)21(28)17-13-15(22)5-7-18(17)23/h5-8,13-14H,3-4,9-12H2,1-2H3. The molecular weight excluding hydrogens is 475 g/mol. The zero-order chi connectivity index (χ0) is 24.3. The number of halogens is 2. The molecule has 0 atom stereocenters. The Morgan fingerprint density at radius 1 is 1.12 bits per heavy atom. The second-order valence-corrected chi connectivity index (χ2v) is 9.77. The van der Waals surface area contributed by atoms with Gasteiger partial charge in [0.05, 0.1) is 15.4 Å². The average molecular weight is 499 g/mol. The predicted octanol–water partition coefficient (Wildman–Crippen LogP) is 3.38. The minimum absolute atomic E-state index is 0.132. The molecule has 2 aromatic rings. The van der Waals surface area contributed by atoms with Crippen LogP contribution in [0.5, 0.6) is 0 Å². The summed E-state index contributed by atoms with van der Waals surface area (Å²) in [4.78, 5) is 26.8. The fraction of sp³-hybridized carbons (Fsp3) is 0.381. The van der Waals surface area contributed by atoms with Crippen molar-refractivity contribution in [1.29, 1.82) is 0 Å². The first-order chi connectivity index (χ1) is 15.6. The molecule has 3 rings (SSSR count). The van der Waals surface area contributed by atoms with Gasteiger partial charge in [-0.25, -0.2) is 12.8 Å². The Balaban J connectivity index is 1.82. The molecule has 9 nitrogen and oxygen atoms in total. The van der Waals surface area contributed by atoms with Crippen molar-refractivity contribution < 1.29 is 22.5 Å². The maximum Gasteiger partial charge on any atom is 0.293 e. The van der Waals surface area contributed by atoms with Crippen molar-refractivity contribution in [3.8, 4) is 0 Å². The number of nitro benzene ring substituents is 1. The normalized spacial score (nSPS) is 14.6. The van der Waals surface area contributed by atoms with Gasteiger partial charge < -0.3 is 9.80 Å². The van der Waals surface area contributed by atoms with Gasteiger partial charge in [0.25, 0.3) is 11.6 Å². The molecule has 0 unspecified atom stereocenters. The second-order valence-electron chi connectivity index (χ2n) is 7.40. The van der Waals surface area contributed by atoms with Crippen molar-refractivity contribution in [2.75, 3.05) is 44.2 Å². The molecular formula is C21H24ClFN4O5S. The fourth-order valence-corrected chi connectivity index (χ4v) is 5.42. The van der Waals surface area contributed by atoms with E-state index < -0.39 is 26.7 Å². The quantitative estimate of drug-likeness (QED) is 0.428. The first-order valence-corrected chi connectivity index (χ1v) is 12.2. The number of rotatable bonds is 7. The number of piperazine rings is 1. The monoisotopic (exact) mass is 498 g/mol. The van der Waals surface area contributed by atoms with Crippen molar-refractivity contribution in [2.24, 2.45) is 0 Å². The van der Waals surface area contributed by atoms with Gasteiger partial charge in [-0.2, -0.15) is 4.31 Å². The first-order valence-electron chi connectivity index (χ1n) is 10.4. The number of anilines is 1. The number of nitrogens with zero attached hydrogens (tertiary/aromatic N) is 4. The number of nitro groups is 1. The summed E-state index contributed by atoms with van der Waals surface area (Å²) in [6.45, 7) is 4.83. The lowest BCUT2D eigenvalue weighted by Gasteiger charge is -2.36. The van der Waals surface area contributed by atoms with Crippen LogP contribution in [0.3, 0.4) is 0 Å². The van der Waals surface area contributed by atoms with E-state index in [1.165, 1.54) is 33.5 Å². The highest BCUT2D eigenvalue weighted by Gasteiger charge is 2.30. The third-order valence-electron chi connectivity index (χ3n) is 5.55. The molecule has 1 aliphatic heterocycles. The summed E-state index contributed by atoms with van der Waals surface area (Å²) in [7, 11) is -3.85. The zero-order valence-electron chi connectivity index (χ0n) is 18.2. The molecule has 1 saturated heterocycles. The first kappa shape index (κ1) is 24.9. The van der Waals surface area contributed by atoms with Crippen LogP contribution in [0.4, 0.5) is 15.8 Å². The maximum absolute atomic E-state index is 14.1. The number of hydrogen-bond donors (Lipinski definition) is 0. The highest BCUT2D eigenvalue weighted by Crippen LogP contribution is 2.32. The molecule has 33 heavy (non-hydrogen) atoms. The molecule has 178 valence electrons. The van der Waals surface area contributed by atoms with Crippen LogP contribution in [0.15, 0.2) is 41.3 Å². The molecule has 0 aromatic heterocycles. The van der Waals surface area contributed by atoms with Gasteiger partial charge in [0.1, 0.15) is 11.5 Å². The van der Waals surface area contributed by atoms with E-state index >= 15 is 0 Å². The molecule has 0 bridgehead atoms. The Labute approximate surface area is 196 Å². The van der Waals surface area contributed by atoms with Crippen molar-refractivity contribution in [1.82, 2.24) is 9.21 Å². The number of hydrogen-bond acceptors (Lipinski definition) is 6. The van der Waals surface area contributed by atoms with E-state index in [0.29, 0.717) is 0 Å². The van der Waals surface area contributed by atoms with Crippen LogP contribution in [-0.4, -0.2) is 67.7 Å². The Bertz CT molecular complexity index is 1170. The molecule has 2 aromatic carbocycles. The number of carbonyl (C=O) groups is 1. The van der Waals surface area contributed by atoms with Crippen LogP contribution in [0.2, 0.25) is 5.02 Å². The molecule has 1 fully saturated rings. The average Bonchev–Trinajstić information content (AvgIpc) is 2.80. The molecule has 0 spiro atoms. The van der Waals surface area contributed by atoms with E-state index in [-0.39, 0.29) is 66.1 Å². The molecule has 0 aliphatic carbocycles. The van der Waals surface area contributed by atoms with E-state index in [1.54, 1.807) is 18.7 Å². The lowest BCUT2D eigenvalue weighted by molar-refractivity contribution is -0.384. The highest BCUT2D eigenvalue weighted by atomic mass is 35.5. The smallest absolute Gasteiger partial charge is 0.293 e. The Kier molecular flexibility index (Phi) is 7.55. The summed E-state index contributed by atoms with van der Waals surface area (Å²) in [6.07, 6.45) is 0. The molecule has 0 N–H and O–H groups in total. The van der Waals surface area contributed by atoms with Crippen LogP contribution < -0.4 is 4.90 Å². The van der Waals surface area contributed by atoms with Gasteiger partial charge in [0.2, 0.25) is 10.0 Å². The summed E-state index contributed by atoms with van der Waals surface area (Å²) in [5, 5.41) is 12.0. The van der Waals surface area contributed by atoms with Crippen molar-refractivity contribution in [3.63, 3.8) is 0 Å². The Morgan fingerprint density at radius 2 is 1.76 bits per heavy atom. The van der Waals surface area contributed by atoms with E-state index in [2.05, 4.69) is 0 Å². The highest BCUT2D eigenvalue weighted by molar-refractivity contribution is 7.89. The van der Waals surface area contributed by atoms with Gasteiger partial charge in [-0.05, 0) is 30.3 Å². The minimum Gasteiger partial charge on any atom is -0.362 e. The van der Waals surface area contributed by atoms with Gasteiger partial charge in [0, 0.05) is 50.4 Å². The number of carbonyl (C=O) groups excluding carboxylic acids is 1. The Hall–Kier alpha value is -2.76. The number of sulfonamides is 1. The van der Waals surface area contributed by atoms with Crippen LogP contribution in [0.1, 0.15) is 24.2 Å². The third kappa shape index (κ3) is 5.10. The van der Waals surface area contributed by atoms with Crippen LogP contribution in [0.25, 0.3) is 0 Å².